The lowest BCUT2D eigenvalue weighted by molar-refractivity contribution is 0.0433. The Balaban J connectivity index is 2.83. The van der Waals surface area contributed by atoms with Crippen molar-refractivity contribution in [2.24, 2.45) is 0 Å². The summed E-state index contributed by atoms with van der Waals surface area (Å²) in [5, 5.41) is 8.48. The lowest BCUT2D eigenvalue weighted by Crippen LogP contribution is -2.10. The van der Waals surface area contributed by atoms with Gasteiger partial charge in [0.25, 0.3) is 0 Å². The van der Waals surface area contributed by atoms with Crippen LogP contribution in [0.1, 0.15) is 15.9 Å². The number of hydrogen-bond acceptors (Lipinski definition) is 4. The molecule has 1 rings (SSSR count). The van der Waals surface area contributed by atoms with Crippen LogP contribution in [0.3, 0.4) is 0 Å². The number of aryl methyl sites for hydroxylation is 1. The molecule has 3 N–H and O–H groups in total. The molecule has 0 aliphatic carbocycles. The van der Waals surface area contributed by atoms with E-state index in [1.165, 1.54) is 0 Å². The fraction of sp³-hybridized carbons (Fsp3) is 0.300. The van der Waals surface area contributed by atoms with Crippen LogP contribution in [-0.4, -0.2) is 24.3 Å². The highest BCUT2D eigenvalue weighted by Gasteiger charge is 2.09. The van der Waals surface area contributed by atoms with Crippen molar-refractivity contribution in [1.29, 1.82) is 0 Å². The van der Waals surface area contributed by atoms with Crippen molar-refractivity contribution < 1.29 is 14.6 Å². The Bertz CT molecular complexity index is 336. The average Bonchev–Trinajstić information content (AvgIpc) is 2.18. The van der Waals surface area contributed by atoms with Crippen molar-refractivity contribution in [2.75, 3.05) is 18.9 Å². The van der Waals surface area contributed by atoms with Gasteiger partial charge < -0.3 is 15.6 Å². The number of benzene rings is 1. The molecule has 0 radical (unpaired) electrons. The Hall–Kier alpha value is -1.55. The largest absolute Gasteiger partial charge is 0.460 e. The number of nitrogens with two attached hydrogens (primary N) is 1. The van der Waals surface area contributed by atoms with Crippen molar-refractivity contribution in [3.8, 4) is 0 Å². The summed E-state index contributed by atoms with van der Waals surface area (Å²) in [7, 11) is 0. The molecule has 1 aromatic carbocycles. The van der Waals surface area contributed by atoms with Crippen LogP contribution in [0.15, 0.2) is 18.2 Å². The van der Waals surface area contributed by atoms with Crippen LogP contribution in [0.5, 0.6) is 0 Å². The van der Waals surface area contributed by atoms with Gasteiger partial charge in [-0.2, -0.15) is 0 Å². The molecule has 0 saturated heterocycles. The van der Waals surface area contributed by atoms with Gasteiger partial charge in [0.05, 0.1) is 12.2 Å². The molecule has 0 aromatic heterocycles. The molecule has 0 bridgehead atoms. The zero-order chi connectivity index (χ0) is 10.6. The molecule has 1 aromatic rings. The fourth-order valence-corrected chi connectivity index (χ4v) is 1.08. The van der Waals surface area contributed by atoms with E-state index >= 15 is 0 Å². The van der Waals surface area contributed by atoms with Crippen molar-refractivity contribution in [3.05, 3.63) is 29.3 Å². The summed E-state index contributed by atoms with van der Waals surface area (Å²) in [5.74, 6) is -0.455. The van der Waals surface area contributed by atoms with Gasteiger partial charge in [0.1, 0.15) is 6.61 Å². The van der Waals surface area contributed by atoms with Crippen LogP contribution in [0.4, 0.5) is 5.69 Å². The number of hydrogen-bond donors (Lipinski definition) is 2. The molecule has 0 heterocycles. The van der Waals surface area contributed by atoms with Crippen LogP contribution in [0.2, 0.25) is 0 Å². The third-order valence-corrected chi connectivity index (χ3v) is 1.81. The van der Waals surface area contributed by atoms with E-state index in [2.05, 4.69) is 0 Å². The molecular weight excluding hydrogens is 182 g/mol. The molecule has 0 amide bonds. The Kier molecular flexibility index (Phi) is 3.48. The zero-order valence-electron chi connectivity index (χ0n) is 7.99. The van der Waals surface area contributed by atoms with Crippen LogP contribution in [-0.2, 0) is 4.74 Å². The number of rotatable bonds is 3. The first kappa shape index (κ1) is 10.5. The maximum Gasteiger partial charge on any atom is 0.338 e. The fourth-order valence-electron chi connectivity index (χ4n) is 1.08. The normalized spacial score (nSPS) is 9.86. The smallest absolute Gasteiger partial charge is 0.338 e. The summed E-state index contributed by atoms with van der Waals surface area (Å²) >= 11 is 0. The first-order chi connectivity index (χ1) is 6.65. The molecule has 0 spiro atoms. The van der Waals surface area contributed by atoms with E-state index in [1.54, 1.807) is 25.1 Å². The minimum absolute atomic E-state index is 0.00702. The number of carbonyl (C=O) groups is 1. The third kappa shape index (κ3) is 2.47. The molecule has 0 fully saturated rings. The molecule has 4 heteroatoms. The highest BCUT2D eigenvalue weighted by atomic mass is 16.5. The molecule has 76 valence electrons. The Morgan fingerprint density at radius 3 is 2.93 bits per heavy atom. The van der Waals surface area contributed by atoms with Crippen molar-refractivity contribution in [1.82, 2.24) is 0 Å². The van der Waals surface area contributed by atoms with E-state index in [4.69, 9.17) is 15.6 Å². The Morgan fingerprint density at radius 2 is 2.29 bits per heavy atom. The van der Waals surface area contributed by atoms with Gasteiger partial charge in [-0.25, -0.2) is 4.79 Å². The van der Waals surface area contributed by atoms with E-state index in [1.807, 2.05) is 0 Å². The van der Waals surface area contributed by atoms with Gasteiger partial charge in [-0.15, -0.1) is 0 Å². The molecule has 4 nitrogen and oxygen atoms in total. The van der Waals surface area contributed by atoms with Gasteiger partial charge >= 0.3 is 5.97 Å². The zero-order valence-corrected chi connectivity index (χ0v) is 7.99. The summed E-state index contributed by atoms with van der Waals surface area (Å²) in [6.45, 7) is 1.63. The first-order valence-corrected chi connectivity index (χ1v) is 4.29. The summed E-state index contributed by atoms with van der Waals surface area (Å²) in [6.07, 6.45) is 0. The van der Waals surface area contributed by atoms with Crippen LogP contribution in [0.25, 0.3) is 0 Å². The predicted molar refractivity (Wildman–Crippen MR) is 53.0 cm³/mol. The molecule has 0 atom stereocenters. The number of aliphatic hydroxyl groups is 1. The van der Waals surface area contributed by atoms with E-state index in [-0.39, 0.29) is 13.2 Å². The molecular formula is C10H13NO3. The van der Waals surface area contributed by atoms with Gasteiger partial charge in [0.15, 0.2) is 0 Å². The monoisotopic (exact) mass is 195 g/mol. The van der Waals surface area contributed by atoms with Crippen molar-refractivity contribution in [3.63, 3.8) is 0 Å². The second kappa shape index (κ2) is 4.62. The summed E-state index contributed by atoms with van der Waals surface area (Å²) in [5.41, 5.74) is 7.31. The van der Waals surface area contributed by atoms with Gasteiger partial charge in [-0.05, 0) is 24.6 Å². The maximum atomic E-state index is 11.4. The number of esters is 1. The lowest BCUT2D eigenvalue weighted by atomic mass is 10.1. The van der Waals surface area contributed by atoms with Gasteiger partial charge in [0.2, 0.25) is 0 Å². The first-order valence-electron chi connectivity index (χ1n) is 4.29. The van der Waals surface area contributed by atoms with Gasteiger partial charge in [-0.1, -0.05) is 6.07 Å². The second-order valence-corrected chi connectivity index (χ2v) is 2.93. The van der Waals surface area contributed by atoms with Crippen LogP contribution < -0.4 is 5.73 Å². The summed E-state index contributed by atoms with van der Waals surface area (Å²) in [4.78, 5) is 11.4. The minimum atomic E-state index is -0.455. The van der Waals surface area contributed by atoms with E-state index in [0.29, 0.717) is 11.3 Å². The van der Waals surface area contributed by atoms with Crippen molar-refractivity contribution >= 4 is 11.7 Å². The lowest BCUT2D eigenvalue weighted by Gasteiger charge is -2.06. The van der Waals surface area contributed by atoms with E-state index in [0.717, 1.165) is 5.56 Å². The van der Waals surface area contributed by atoms with E-state index in [9.17, 15) is 4.79 Å². The molecule has 0 aliphatic heterocycles. The van der Waals surface area contributed by atoms with Crippen LogP contribution >= 0.6 is 0 Å². The third-order valence-electron chi connectivity index (χ3n) is 1.81. The number of anilines is 1. The SMILES string of the molecule is Cc1ccc(N)cc1C(=O)OCCO. The number of carbonyl (C=O) groups excluding carboxylic acids is 1. The molecule has 14 heavy (non-hydrogen) atoms. The van der Waals surface area contributed by atoms with Gasteiger partial charge in [0, 0.05) is 5.69 Å². The Labute approximate surface area is 82.3 Å². The number of aliphatic hydroxyl groups excluding tert-OH is 1. The summed E-state index contributed by atoms with van der Waals surface area (Å²) in [6, 6.07) is 5.04. The number of nitrogen functional groups attached to an aromatic ring is 1. The standard InChI is InChI=1S/C10H13NO3/c1-7-2-3-8(11)6-9(7)10(13)14-5-4-12/h2-3,6,12H,4-5,11H2,1H3. The molecule has 0 saturated carbocycles. The summed E-state index contributed by atoms with van der Waals surface area (Å²) < 4.78 is 4.77. The average molecular weight is 195 g/mol. The Morgan fingerprint density at radius 1 is 1.57 bits per heavy atom. The number of ether oxygens (including phenoxy) is 1. The minimum Gasteiger partial charge on any atom is -0.460 e. The maximum absolute atomic E-state index is 11.4. The van der Waals surface area contributed by atoms with Gasteiger partial charge in [-0.3, -0.25) is 0 Å². The quantitative estimate of drug-likeness (QED) is 0.550. The second-order valence-electron chi connectivity index (χ2n) is 2.93. The molecule has 0 aliphatic rings. The predicted octanol–water partition coefficient (Wildman–Crippen LogP) is 0.726. The topological polar surface area (TPSA) is 72.6 Å². The van der Waals surface area contributed by atoms with E-state index < -0.39 is 5.97 Å². The van der Waals surface area contributed by atoms with Crippen molar-refractivity contribution in [2.45, 2.75) is 6.92 Å². The highest BCUT2D eigenvalue weighted by Crippen LogP contribution is 2.13. The highest BCUT2D eigenvalue weighted by molar-refractivity contribution is 5.92. The van der Waals surface area contributed by atoms with Crippen LogP contribution in [0, 0.1) is 6.92 Å². The molecule has 0 unspecified atom stereocenters.